The van der Waals surface area contributed by atoms with E-state index in [2.05, 4.69) is 20.5 Å². The van der Waals surface area contributed by atoms with Crippen LogP contribution in [0.4, 0.5) is 10.3 Å². The molecule has 1 heterocycles. The minimum Gasteiger partial charge on any atom is -0.488 e. The fraction of sp³-hybridized carbons (Fsp3) is 0.0417. The molecule has 0 saturated heterocycles. The molecule has 0 aliphatic rings. The number of para-hydroxylation sites is 1. The average Bonchev–Trinajstić information content (AvgIpc) is 2.79. The number of halogens is 1. The van der Waals surface area contributed by atoms with Gasteiger partial charge < -0.3 is 4.74 Å². The van der Waals surface area contributed by atoms with Gasteiger partial charge in [-0.1, -0.05) is 60.7 Å². The minimum absolute atomic E-state index is 0.0962. The summed E-state index contributed by atoms with van der Waals surface area (Å²) in [6.45, 7) is 0.0962. The number of ether oxygens (including phenoxy) is 1. The second kappa shape index (κ2) is 9.49. The molecule has 3 aromatic carbocycles. The first-order valence-corrected chi connectivity index (χ1v) is 9.60. The van der Waals surface area contributed by atoms with Gasteiger partial charge in [-0.2, -0.15) is 5.10 Å². The number of aromatic nitrogens is 2. The van der Waals surface area contributed by atoms with Crippen molar-refractivity contribution in [3.05, 3.63) is 112 Å². The number of nitrogens with one attached hydrogen (secondary N) is 2. The van der Waals surface area contributed by atoms with Gasteiger partial charge in [0.2, 0.25) is 5.95 Å². The molecule has 0 aliphatic heterocycles. The van der Waals surface area contributed by atoms with Crippen molar-refractivity contribution >= 4 is 12.2 Å². The third-order valence-electron chi connectivity index (χ3n) is 4.45. The molecule has 0 unspecified atom stereocenters. The number of H-pyrrole nitrogens is 1. The number of anilines is 1. The maximum absolute atomic E-state index is 13.8. The number of hydrazone groups is 1. The molecular formula is C24H19FN4O2. The zero-order chi connectivity index (χ0) is 21.5. The van der Waals surface area contributed by atoms with Crippen LogP contribution < -0.4 is 15.7 Å². The summed E-state index contributed by atoms with van der Waals surface area (Å²) in [5.41, 5.74) is 4.97. The average molecular weight is 414 g/mol. The number of aromatic amines is 1. The second-order valence-corrected chi connectivity index (χ2v) is 6.63. The summed E-state index contributed by atoms with van der Waals surface area (Å²) >= 11 is 0. The first kappa shape index (κ1) is 20.0. The standard InChI is InChI=1S/C24H19FN4O2/c25-20-12-6-4-11-19(20)16-31-22-13-7-5-10-18(22)15-26-29-24-27-21(14-23(30)28-24)17-8-2-1-3-9-17/h1-15H,16H2,(H2,27,28,29,30)/b26-15+. The highest BCUT2D eigenvalue weighted by Crippen LogP contribution is 2.19. The summed E-state index contributed by atoms with van der Waals surface area (Å²) in [5.74, 6) is 0.451. The number of hydrogen-bond donors (Lipinski definition) is 2. The zero-order valence-electron chi connectivity index (χ0n) is 16.5. The van der Waals surface area contributed by atoms with Gasteiger partial charge in [0, 0.05) is 22.8 Å². The number of rotatable bonds is 7. The molecule has 31 heavy (non-hydrogen) atoms. The summed E-state index contributed by atoms with van der Waals surface area (Å²) in [6, 6.07) is 24.5. The van der Waals surface area contributed by atoms with Crippen molar-refractivity contribution in [3.8, 4) is 17.0 Å². The Bertz CT molecular complexity index is 1260. The van der Waals surface area contributed by atoms with Crippen molar-refractivity contribution in [2.45, 2.75) is 6.61 Å². The molecule has 6 nitrogen and oxygen atoms in total. The van der Waals surface area contributed by atoms with Crippen molar-refractivity contribution in [3.63, 3.8) is 0 Å². The van der Waals surface area contributed by atoms with Crippen molar-refractivity contribution in [2.24, 2.45) is 5.10 Å². The fourth-order valence-corrected chi connectivity index (χ4v) is 2.92. The SMILES string of the molecule is O=c1cc(-c2ccccc2)nc(N/N=C/c2ccccc2OCc2ccccc2F)[nH]1. The maximum Gasteiger partial charge on any atom is 0.252 e. The molecule has 0 fully saturated rings. The van der Waals surface area contributed by atoms with E-state index in [4.69, 9.17) is 4.74 Å². The van der Waals surface area contributed by atoms with Gasteiger partial charge in [0.15, 0.2) is 0 Å². The third-order valence-corrected chi connectivity index (χ3v) is 4.45. The van der Waals surface area contributed by atoms with Crippen molar-refractivity contribution in [1.82, 2.24) is 9.97 Å². The van der Waals surface area contributed by atoms with E-state index >= 15 is 0 Å². The normalized spacial score (nSPS) is 10.9. The first-order valence-electron chi connectivity index (χ1n) is 9.60. The predicted molar refractivity (Wildman–Crippen MR) is 119 cm³/mol. The zero-order valence-corrected chi connectivity index (χ0v) is 16.5. The second-order valence-electron chi connectivity index (χ2n) is 6.63. The first-order chi connectivity index (χ1) is 15.2. The number of nitrogens with zero attached hydrogens (tertiary/aromatic N) is 2. The Labute approximate surface area is 178 Å². The monoisotopic (exact) mass is 414 g/mol. The molecule has 0 aliphatic carbocycles. The molecule has 0 bridgehead atoms. The summed E-state index contributed by atoms with van der Waals surface area (Å²) in [6.07, 6.45) is 1.55. The third kappa shape index (κ3) is 5.22. The predicted octanol–water partition coefficient (Wildman–Crippen LogP) is 4.60. The van der Waals surface area contributed by atoms with Crippen molar-refractivity contribution < 1.29 is 9.13 Å². The van der Waals surface area contributed by atoms with E-state index < -0.39 is 0 Å². The molecular weight excluding hydrogens is 395 g/mol. The lowest BCUT2D eigenvalue weighted by Crippen LogP contribution is -2.10. The van der Waals surface area contributed by atoms with E-state index in [0.717, 1.165) is 5.56 Å². The molecule has 0 saturated carbocycles. The number of benzene rings is 3. The highest BCUT2D eigenvalue weighted by atomic mass is 19.1. The highest BCUT2D eigenvalue weighted by molar-refractivity contribution is 5.83. The molecule has 154 valence electrons. The van der Waals surface area contributed by atoms with Crippen LogP contribution in [0, 0.1) is 5.82 Å². The van der Waals surface area contributed by atoms with Crippen LogP contribution in [0.15, 0.2) is 94.8 Å². The molecule has 4 aromatic rings. The van der Waals surface area contributed by atoms with Gasteiger partial charge in [-0.05, 0) is 18.2 Å². The Kier molecular flexibility index (Phi) is 6.13. The Hall–Kier alpha value is -4.26. The van der Waals surface area contributed by atoms with E-state index in [1.165, 1.54) is 12.1 Å². The molecule has 0 atom stereocenters. The summed E-state index contributed by atoms with van der Waals surface area (Å²) in [4.78, 5) is 19.0. The van der Waals surface area contributed by atoms with E-state index in [1.807, 2.05) is 48.5 Å². The van der Waals surface area contributed by atoms with Crippen LogP contribution in [0.5, 0.6) is 5.75 Å². The Morgan fingerprint density at radius 2 is 1.74 bits per heavy atom. The van der Waals surface area contributed by atoms with Crippen LogP contribution >= 0.6 is 0 Å². The molecule has 0 amide bonds. The van der Waals surface area contributed by atoms with Crippen LogP contribution in [0.3, 0.4) is 0 Å². The lowest BCUT2D eigenvalue weighted by atomic mass is 10.1. The van der Waals surface area contributed by atoms with Crippen LogP contribution in [0.1, 0.15) is 11.1 Å². The Balaban J connectivity index is 1.48. The molecule has 7 heteroatoms. The van der Waals surface area contributed by atoms with E-state index in [-0.39, 0.29) is 23.9 Å². The Morgan fingerprint density at radius 1 is 1.00 bits per heavy atom. The van der Waals surface area contributed by atoms with Crippen LogP contribution in [-0.4, -0.2) is 16.2 Å². The topological polar surface area (TPSA) is 79.4 Å². The highest BCUT2D eigenvalue weighted by Gasteiger charge is 2.06. The molecule has 2 N–H and O–H groups in total. The molecule has 0 radical (unpaired) electrons. The molecule has 0 spiro atoms. The Morgan fingerprint density at radius 3 is 2.58 bits per heavy atom. The van der Waals surface area contributed by atoms with Crippen LogP contribution in [0.2, 0.25) is 0 Å². The lowest BCUT2D eigenvalue weighted by molar-refractivity contribution is 0.299. The van der Waals surface area contributed by atoms with Gasteiger partial charge >= 0.3 is 0 Å². The number of hydrogen-bond acceptors (Lipinski definition) is 5. The smallest absolute Gasteiger partial charge is 0.252 e. The maximum atomic E-state index is 13.8. The minimum atomic E-state index is -0.316. The van der Waals surface area contributed by atoms with Gasteiger partial charge in [0.25, 0.3) is 5.56 Å². The molecule has 1 aromatic heterocycles. The quantitative estimate of drug-likeness (QED) is 0.342. The lowest BCUT2D eigenvalue weighted by Gasteiger charge is -2.09. The van der Waals surface area contributed by atoms with Crippen molar-refractivity contribution in [1.29, 1.82) is 0 Å². The van der Waals surface area contributed by atoms with Gasteiger partial charge in [0.1, 0.15) is 18.2 Å². The van der Waals surface area contributed by atoms with Gasteiger partial charge in [-0.3, -0.25) is 9.78 Å². The van der Waals surface area contributed by atoms with E-state index in [1.54, 1.807) is 30.5 Å². The summed E-state index contributed by atoms with van der Waals surface area (Å²) < 4.78 is 19.6. The fourth-order valence-electron chi connectivity index (χ4n) is 2.92. The largest absolute Gasteiger partial charge is 0.488 e. The van der Waals surface area contributed by atoms with Crippen molar-refractivity contribution in [2.75, 3.05) is 5.43 Å². The van der Waals surface area contributed by atoms with E-state index in [9.17, 15) is 9.18 Å². The summed E-state index contributed by atoms with van der Waals surface area (Å²) in [5, 5.41) is 4.16. The van der Waals surface area contributed by atoms with Crippen LogP contribution in [0.25, 0.3) is 11.3 Å². The van der Waals surface area contributed by atoms with Gasteiger partial charge in [0.05, 0.1) is 11.9 Å². The van der Waals surface area contributed by atoms with E-state index in [0.29, 0.717) is 22.6 Å². The summed E-state index contributed by atoms with van der Waals surface area (Å²) in [7, 11) is 0. The van der Waals surface area contributed by atoms with Gasteiger partial charge in [-0.25, -0.2) is 14.8 Å². The molecule has 4 rings (SSSR count). The van der Waals surface area contributed by atoms with Gasteiger partial charge in [-0.15, -0.1) is 0 Å². The van der Waals surface area contributed by atoms with Crippen LogP contribution in [-0.2, 0) is 6.61 Å².